The van der Waals surface area contributed by atoms with Gasteiger partial charge in [0.1, 0.15) is 0 Å². The number of amides is 1. The zero-order valence-electron chi connectivity index (χ0n) is 15.8. The number of hydrogen-bond acceptors (Lipinski definition) is 6. The summed E-state index contributed by atoms with van der Waals surface area (Å²) >= 11 is 0. The zero-order chi connectivity index (χ0) is 20.4. The van der Waals surface area contributed by atoms with Crippen molar-refractivity contribution in [2.24, 2.45) is 0 Å². The minimum atomic E-state index is -0.440. The minimum Gasteiger partial charge on any atom is -0.469 e. The number of carbonyl (C=O) groups is 2. The first-order chi connectivity index (χ1) is 13.5. The van der Waals surface area contributed by atoms with Crippen molar-refractivity contribution in [2.75, 3.05) is 12.4 Å². The number of aromatic nitrogens is 2. The second kappa shape index (κ2) is 10.8. The van der Waals surface area contributed by atoms with Gasteiger partial charge in [0.05, 0.1) is 30.5 Å². The maximum absolute atomic E-state index is 12.0. The van der Waals surface area contributed by atoms with Gasteiger partial charge in [-0.25, -0.2) is 0 Å². The van der Waals surface area contributed by atoms with Gasteiger partial charge in [-0.05, 0) is 18.4 Å². The molecular weight excluding hydrogens is 364 g/mol. The Balaban J connectivity index is 1.69. The first-order valence-electron chi connectivity index (χ1n) is 9.10. The van der Waals surface area contributed by atoms with E-state index in [0.29, 0.717) is 25.1 Å². The van der Waals surface area contributed by atoms with Crippen LogP contribution in [0.3, 0.4) is 0 Å². The molecule has 1 N–H and O–H groups in total. The molecule has 0 aliphatic heterocycles. The summed E-state index contributed by atoms with van der Waals surface area (Å²) in [7, 11) is 1.38. The molecule has 1 heterocycles. The Morgan fingerprint density at radius 3 is 2.46 bits per heavy atom. The van der Waals surface area contributed by atoms with E-state index in [2.05, 4.69) is 15.2 Å². The topological polar surface area (TPSA) is 116 Å². The van der Waals surface area contributed by atoms with Gasteiger partial charge in [0, 0.05) is 31.2 Å². The molecule has 1 aromatic heterocycles. The Labute approximate surface area is 162 Å². The van der Waals surface area contributed by atoms with Gasteiger partial charge in [-0.2, -0.15) is 5.10 Å². The Kier molecular flexibility index (Phi) is 8.13. The number of esters is 1. The number of carbonyl (C=O) groups excluding carboxylic acids is 2. The lowest BCUT2D eigenvalue weighted by atomic mass is 10.1. The van der Waals surface area contributed by atoms with Gasteiger partial charge < -0.3 is 10.1 Å². The van der Waals surface area contributed by atoms with Crippen LogP contribution in [0.2, 0.25) is 0 Å². The van der Waals surface area contributed by atoms with Gasteiger partial charge in [0.25, 0.3) is 5.69 Å². The van der Waals surface area contributed by atoms with Gasteiger partial charge in [0.2, 0.25) is 5.91 Å². The van der Waals surface area contributed by atoms with Crippen molar-refractivity contribution >= 4 is 23.3 Å². The Morgan fingerprint density at radius 2 is 1.82 bits per heavy atom. The second-order valence-corrected chi connectivity index (χ2v) is 6.39. The zero-order valence-corrected chi connectivity index (χ0v) is 15.8. The Hall–Kier alpha value is -3.23. The third kappa shape index (κ3) is 7.18. The average Bonchev–Trinajstić information content (AvgIpc) is 3.11. The number of nitro groups is 1. The van der Waals surface area contributed by atoms with Crippen molar-refractivity contribution in [3.8, 4) is 0 Å². The van der Waals surface area contributed by atoms with Crippen molar-refractivity contribution in [2.45, 2.75) is 45.1 Å². The van der Waals surface area contributed by atoms with Crippen LogP contribution in [0.4, 0.5) is 11.4 Å². The van der Waals surface area contributed by atoms with Crippen LogP contribution in [0.5, 0.6) is 0 Å². The van der Waals surface area contributed by atoms with Gasteiger partial charge in [-0.3, -0.25) is 24.4 Å². The normalized spacial score (nSPS) is 10.5. The van der Waals surface area contributed by atoms with Crippen LogP contribution in [0.15, 0.2) is 36.7 Å². The van der Waals surface area contributed by atoms with E-state index in [0.717, 1.165) is 31.2 Å². The van der Waals surface area contributed by atoms with Crippen molar-refractivity contribution < 1.29 is 19.2 Å². The number of rotatable bonds is 11. The quantitative estimate of drug-likeness (QED) is 0.273. The highest BCUT2D eigenvalue weighted by molar-refractivity contribution is 5.90. The average molecular weight is 388 g/mol. The molecule has 1 amide bonds. The Bertz CT molecular complexity index is 801. The number of ether oxygens (including phenoxy) is 1. The van der Waals surface area contributed by atoms with Gasteiger partial charge in [0.15, 0.2) is 0 Å². The van der Waals surface area contributed by atoms with Gasteiger partial charge in [-0.15, -0.1) is 0 Å². The molecular formula is C19H24N4O5. The van der Waals surface area contributed by atoms with E-state index in [1.807, 2.05) is 0 Å². The summed E-state index contributed by atoms with van der Waals surface area (Å²) in [5.74, 6) is -0.286. The maximum atomic E-state index is 12.0. The van der Waals surface area contributed by atoms with Crippen LogP contribution < -0.4 is 5.32 Å². The summed E-state index contributed by atoms with van der Waals surface area (Å²) < 4.78 is 6.23. The number of hydrogen-bond donors (Lipinski definition) is 1. The number of nitrogens with zero attached hydrogens (tertiary/aromatic N) is 3. The molecule has 0 aliphatic rings. The third-order valence-electron chi connectivity index (χ3n) is 4.17. The molecule has 0 unspecified atom stereocenters. The molecule has 2 rings (SSSR count). The Morgan fingerprint density at radius 1 is 1.14 bits per heavy atom. The summed E-state index contributed by atoms with van der Waals surface area (Å²) in [5, 5.41) is 17.7. The summed E-state index contributed by atoms with van der Waals surface area (Å²) in [6, 6.07) is 6.26. The molecule has 0 saturated carbocycles. The van der Waals surface area contributed by atoms with Crippen molar-refractivity contribution in [3.63, 3.8) is 0 Å². The van der Waals surface area contributed by atoms with Crippen molar-refractivity contribution in [1.29, 1.82) is 0 Å². The van der Waals surface area contributed by atoms with Crippen molar-refractivity contribution in [1.82, 2.24) is 9.78 Å². The fourth-order valence-corrected chi connectivity index (χ4v) is 2.66. The first-order valence-corrected chi connectivity index (χ1v) is 9.10. The van der Waals surface area contributed by atoms with Crippen LogP contribution in [-0.2, 0) is 20.9 Å². The minimum absolute atomic E-state index is 0.0439. The molecule has 0 atom stereocenters. The van der Waals surface area contributed by atoms with E-state index in [4.69, 9.17) is 0 Å². The predicted octanol–water partition coefficient (Wildman–Crippen LogP) is 3.29. The van der Waals surface area contributed by atoms with Crippen LogP contribution in [0.25, 0.3) is 0 Å². The molecule has 150 valence electrons. The lowest BCUT2D eigenvalue weighted by Crippen LogP contribution is -2.10. The third-order valence-corrected chi connectivity index (χ3v) is 4.17. The van der Waals surface area contributed by atoms with E-state index >= 15 is 0 Å². The molecule has 28 heavy (non-hydrogen) atoms. The molecule has 2 aromatic rings. The van der Waals surface area contributed by atoms with E-state index in [1.165, 1.54) is 19.2 Å². The highest BCUT2D eigenvalue weighted by Crippen LogP contribution is 2.14. The van der Waals surface area contributed by atoms with Crippen LogP contribution in [0, 0.1) is 10.1 Å². The lowest BCUT2D eigenvalue weighted by Gasteiger charge is -2.03. The molecule has 0 bridgehead atoms. The number of methoxy groups -OCH3 is 1. The maximum Gasteiger partial charge on any atom is 0.305 e. The number of unbranched alkanes of at least 4 members (excludes halogenated alkanes) is 3. The molecule has 0 saturated heterocycles. The molecule has 0 spiro atoms. The standard InChI is InChI=1S/C19H24N4O5/c1-28-19(25)7-5-3-2-4-6-18(24)21-16-12-20-22(14-16)13-15-8-10-17(11-9-15)23(26)27/h8-12,14H,2-7,13H2,1H3,(H,21,24). The van der Waals surface area contributed by atoms with Crippen LogP contribution >= 0.6 is 0 Å². The molecule has 0 aliphatic carbocycles. The summed E-state index contributed by atoms with van der Waals surface area (Å²) in [6.07, 6.45) is 7.39. The molecule has 9 nitrogen and oxygen atoms in total. The van der Waals surface area contributed by atoms with E-state index < -0.39 is 4.92 Å². The smallest absolute Gasteiger partial charge is 0.305 e. The number of non-ortho nitro benzene ring substituents is 1. The van der Waals surface area contributed by atoms with Crippen molar-refractivity contribution in [3.05, 3.63) is 52.3 Å². The highest BCUT2D eigenvalue weighted by atomic mass is 16.6. The van der Waals surface area contributed by atoms with E-state index in [9.17, 15) is 19.7 Å². The SMILES string of the molecule is COC(=O)CCCCCCC(=O)Nc1cnn(Cc2ccc([N+](=O)[O-])cc2)c1. The molecule has 0 fully saturated rings. The number of nitrogens with one attached hydrogen (secondary N) is 1. The molecule has 1 aromatic carbocycles. The lowest BCUT2D eigenvalue weighted by molar-refractivity contribution is -0.384. The number of nitro benzene ring substituents is 1. The van der Waals surface area contributed by atoms with Crippen LogP contribution in [-0.4, -0.2) is 33.7 Å². The number of anilines is 1. The predicted molar refractivity (Wildman–Crippen MR) is 103 cm³/mol. The first kappa shape index (κ1) is 21.1. The fraction of sp³-hybridized carbons (Fsp3) is 0.421. The summed E-state index contributed by atoms with van der Waals surface area (Å²) in [4.78, 5) is 33.2. The second-order valence-electron chi connectivity index (χ2n) is 6.39. The number of benzene rings is 1. The van der Waals surface area contributed by atoms with E-state index in [1.54, 1.807) is 29.2 Å². The summed E-state index contributed by atoms with van der Waals surface area (Å²) in [5.41, 5.74) is 1.53. The monoisotopic (exact) mass is 388 g/mol. The van der Waals surface area contributed by atoms with Gasteiger partial charge >= 0.3 is 5.97 Å². The highest BCUT2D eigenvalue weighted by Gasteiger charge is 2.07. The molecule has 0 radical (unpaired) electrons. The summed E-state index contributed by atoms with van der Waals surface area (Å²) in [6.45, 7) is 0.452. The molecule has 9 heteroatoms. The van der Waals surface area contributed by atoms with E-state index in [-0.39, 0.29) is 17.6 Å². The van der Waals surface area contributed by atoms with Crippen LogP contribution in [0.1, 0.15) is 44.1 Å². The largest absolute Gasteiger partial charge is 0.469 e. The fourth-order valence-electron chi connectivity index (χ4n) is 2.66. The van der Waals surface area contributed by atoms with Gasteiger partial charge in [-0.1, -0.05) is 25.0 Å².